The molecule has 0 spiro atoms. The molecule has 0 radical (unpaired) electrons. The number of aliphatic carboxylic acids is 1. The van der Waals surface area contributed by atoms with Gasteiger partial charge in [0, 0.05) is 17.7 Å². The molecule has 0 aliphatic rings. The van der Waals surface area contributed by atoms with Crippen LogP contribution in [-0.2, 0) is 4.79 Å². The third-order valence-corrected chi connectivity index (χ3v) is 3.85. The van der Waals surface area contributed by atoms with Gasteiger partial charge in [0.05, 0.1) is 0 Å². The summed E-state index contributed by atoms with van der Waals surface area (Å²) in [4.78, 5) is 39.4. The summed E-state index contributed by atoms with van der Waals surface area (Å²) >= 11 is 0. The first kappa shape index (κ1) is 20.6. The smallest absolute Gasteiger partial charge is 0.326 e. The van der Waals surface area contributed by atoms with E-state index in [1.54, 1.807) is 60.7 Å². The highest BCUT2D eigenvalue weighted by Gasteiger charge is 2.20. The Morgan fingerprint density at radius 3 is 2.00 bits per heavy atom. The van der Waals surface area contributed by atoms with E-state index < -0.39 is 17.9 Å². The highest BCUT2D eigenvalue weighted by molar-refractivity contribution is 6.05. The molecule has 146 valence electrons. The standard InChI is InChI=1S/C20H22N4O4/c21-20(24-18(26)15-10-5-2-6-11-15)22-13-7-12-16(19(27)28)23-17(25)14-8-3-1-4-9-14/h1-6,8-11,16H,7,12-13H2,(H,23,25)(H,27,28)(H3,21,22,24,26). The van der Waals surface area contributed by atoms with Gasteiger partial charge in [0.25, 0.3) is 11.8 Å². The molecule has 28 heavy (non-hydrogen) atoms. The number of rotatable bonds is 8. The van der Waals surface area contributed by atoms with Crippen molar-refractivity contribution in [3.05, 3.63) is 71.8 Å². The maximum absolute atomic E-state index is 12.1. The van der Waals surface area contributed by atoms with Crippen LogP contribution in [-0.4, -0.2) is 41.4 Å². The molecule has 8 nitrogen and oxygen atoms in total. The summed E-state index contributed by atoms with van der Waals surface area (Å²) in [6.45, 7) is 0.214. The lowest BCUT2D eigenvalue weighted by molar-refractivity contribution is -0.139. The van der Waals surface area contributed by atoms with Crippen LogP contribution < -0.4 is 16.4 Å². The predicted octanol–water partition coefficient (Wildman–Crippen LogP) is 1.39. The van der Waals surface area contributed by atoms with Gasteiger partial charge in [0.2, 0.25) is 0 Å². The molecule has 8 heteroatoms. The molecular formula is C20H22N4O4. The zero-order valence-electron chi connectivity index (χ0n) is 15.2. The second kappa shape index (κ2) is 10.5. The molecule has 5 N–H and O–H groups in total. The Labute approximate surface area is 162 Å². The van der Waals surface area contributed by atoms with Crippen molar-refractivity contribution in [2.45, 2.75) is 18.9 Å². The van der Waals surface area contributed by atoms with Gasteiger partial charge in [-0.05, 0) is 37.1 Å². The van der Waals surface area contributed by atoms with Crippen LogP contribution in [0, 0.1) is 0 Å². The third-order valence-electron chi connectivity index (χ3n) is 3.85. The van der Waals surface area contributed by atoms with Crippen LogP contribution in [0.1, 0.15) is 33.6 Å². The van der Waals surface area contributed by atoms with E-state index in [-0.39, 0.29) is 24.8 Å². The van der Waals surface area contributed by atoms with Crippen LogP contribution in [0.25, 0.3) is 0 Å². The average Bonchev–Trinajstić information content (AvgIpc) is 2.71. The molecule has 0 saturated heterocycles. The van der Waals surface area contributed by atoms with Crippen molar-refractivity contribution in [3.8, 4) is 0 Å². The molecule has 0 aromatic heterocycles. The summed E-state index contributed by atoms with van der Waals surface area (Å²) in [7, 11) is 0. The fourth-order valence-electron chi connectivity index (χ4n) is 2.40. The van der Waals surface area contributed by atoms with Crippen molar-refractivity contribution in [1.29, 1.82) is 0 Å². The number of hydrogen-bond acceptors (Lipinski definition) is 4. The Morgan fingerprint density at radius 2 is 1.46 bits per heavy atom. The van der Waals surface area contributed by atoms with Crippen LogP contribution in [0.5, 0.6) is 0 Å². The van der Waals surface area contributed by atoms with Gasteiger partial charge < -0.3 is 16.2 Å². The fraction of sp³-hybridized carbons (Fsp3) is 0.200. The number of amides is 2. The minimum atomic E-state index is -1.13. The van der Waals surface area contributed by atoms with E-state index in [4.69, 9.17) is 5.73 Å². The van der Waals surface area contributed by atoms with Crippen molar-refractivity contribution in [2.24, 2.45) is 10.7 Å². The molecule has 0 aliphatic heterocycles. The van der Waals surface area contributed by atoms with E-state index in [1.807, 2.05) is 0 Å². The van der Waals surface area contributed by atoms with Gasteiger partial charge in [-0.3, -0.25) is 19.9 Å². The van der Waals surface area contributed by atoms with Gasteiger partial charge in [-0.2, -0.15) is 0 Å². The summed E-state index contributed by atoms with van der Waals surface area (Å²) in [5, 5.41) is 14.2. The van der Waals surface area contributed by atoms with Gasteiger partial charge in [0.15, 0.2) is 5.96 Å². The van der Waals surface area contributed by atoms with Gasteiger partial charge in [0.1, 0.15) is 6.04 Å². The van der Waals surface area contributed by atoms with Crippen LogP contribution in [0.15, 0.2) is 65.7 Å². The highest BCUT2D eigenvalue weighted by atomic mass is 16.4. The first-order valence-corrected chi connectivity index (χ1v) is 8.72. The molecule has 2 aromatic rings. The summed E-state index contributed by atoms with van der Waals surface area (Å²) in [5.74, 6) is -2.00. The Bertz CT molecular complexity index is 838. The third kappa shape index (κ3) is 6.56. The van der Waals surface area contributed by atoms with E-state index in [1.165, 1.54) is 0 Å². The lowest BCUT2D eigenvalue weighted by Crippen LogP contribution is -2.41. The molecule has 0 heterocycles. The number of nitrogens with two attached hydrogens (primary N) is 1. The van der Waals surface area contributed by atoms with Gasteiger partial charge in [-0.25, -0.2) is 4.79 Å². The molecule has 0 aliphatic carbocycles. The molecule has 0 bridgehead atoms. The van der Waals surface area contributed by atoms with Crippen molar-refractivity contribution < 1.29 is 19.5 Å². The minimum absolute atomic E-state index is 0.0472. The van der Waals surface area contributed by atoms with Gasteiger partial charge in [-0.15, -0.1) is 0 Å². The second-order valence-electron chi connectivity index (χ2n) is 5.96. The van der Waals surface area contributed by atoms with Gasteiger partial charge in [-0.1, -0.05) is 36.4 Å². The predicted molar refractivity (Wildman–Crippen MR) is 105 cm³/mol. The SMILES string of the molecule is NC(=NCCCC(NC(=O)c1ccccc1)C(=O)O)NC(=O)c1ccccc1. The molecule has 2 rings (SSSR count). The van der Waals surface area contributed by atoms with Crippen LogP contribution >= 0.6 is 0 Å². The lowest BCUT2D eigenvalue weighted by atomic mass is 10.1. The van der Waals surface area contributed by atoms with E-state index in [2.05, 4.69) is 15.6 Å². The largest absolute Gasteiger partial charge is 0.480 e. The van der Waals surface area contributed by atoms with Crippen molar-refractivity contribution in [3.63, 3.8) is 0 Å². The molecule has 2 aromatic carbocycles. The number of nitrogens with one attached hydrogen (secondary N) is 2. The average molecular weight is 382 g/mol. The Kier molecular flexibility index (Phi) is 7.71. The summed E-state index contributed by atoms with van der Waals surface area (Å²) in [5.41, 5.74) is 6.52. The zero-order valence-corrected chi connectivity index (χ0v) is 15.2. The van der Waals surface area contributed by atoms with E-state index >= 15 is 0 Å². The van der Waals surface area contributed by atoms with Crippen LogP contribution in [0.2, 0.25) is 0 Å². The molecule has 1 atom stereocenters. The lowest BCUT2D eigenvalue weighted by Gasteiger charge is -2.14. The maximum Gasteiger partial charge on any atom is 0.326 e. The number of carboxylic acid groups (broad SMARTS) is 1. The Morgan fingerprint density at radius 1 is 0.929 bits per heavy atom. The number of aliphatic imine (C=N–C) groups is 1. The number of carbonyl (C=O) groups is 3. The summed E-state index contributed by atoms with van der Waals surface area (Å²) in [6, 6.07) is 15.9. The quantitative estimate of drug-likeness (QED) is 0.311. The van der Waals surface area contributed by atoms with Crippen LogP contribution in [0.4, 0.5) is 0 Å². The highest BCUT2D eigenvalue weighted by Crippen LogP contribution is 2.03. The first-order chi connectivity index (χ1) is 13.5. The van der Waals surface area contributed by atoms with E-state index in [0.717, 1.165) is 0 Å². The normalized spacial score (nSPS) is 12.1. The minimum Gasteiger partial charge on any atom is -0.480 e. The molecule has 0 saturated carbocycles. The number of nitrogens with zero attached hydrogens (tertiary/aromatic N) is 1. The molecule has 2 amide bonds. The maximum atomic E-state index is 12.1. The Balaban J connectivity index is 1.80. The fourth-order valence-corrected chi connectivity index (χ4v) is 2.40. The molecular weight excluding hydrogens is 360 g/mol. The number of carbonyl (C=O) groups excluding carboxylic acids is 2. The summed E-state index contributed by atoms with van der Waals surface area (Å²) < 4.78 is 0. The molecule has 1 unspecified atom stereocenters. The van der Waals surface area contributed by atoms with Crippen molar-refractivity contribution in [1.82, 2.24) is 10.6 Å². The van der Waals surface area contributed by atoms with Gasteiger partial charge >= 0.3 is 5.97 Å². The number of benzene rings is 2. The van der Waals surface area contributed by atoms with Crippen LogP contribution in [0.3, 0.4) is 0 Å². The second-order valence-corrected chi connectivity index (χ2v) is 5.96. The number of guanidine groups is 1. The van der Waals surface area contributed by atoms with E-state index in [9.17, 15) is 19.5 Å². The zero-order chi connectivity index (χ0) is 20.4. The topological polar surface area (TPSA) is 134 Å². The van der Waals surface area contributed by atoms with Crippen molar-refractivity contribution in [2.75, 3.05) is 6.54 Å². The monoisotopic (exact) mass is 382 g/mol. The molecule has 0 fully saturated rings. The van der Waals surface area contributed by atoms with E-state index in [0.29, 0.717) is 17.5 Å². The summed E-state index contributed by atoms with van der Waals surface area (Å²) in [6.07, 6.45) is 0.547. The first-order valence-electron chi connectivity index (χ1n) is 8.72. The Hall–Kier alpha value is -3.68. The number of carboxylic acids is 1. The number of hydrogen-bond donors (Lipinski definition) is 4. The van der Waals surface area contributed by atoms with Crippen molar-refractivity contribution >= 4 is 23.7 Å².